The Bertz CT molecular complexity index is 1190. The van der Waals surface area contributed by atoms with Crippen molar-refractivity contribution in [2.24, 2.45) is 0 Å². The zero-order valence-electron chi connectivity index (χ0n) is 41.1. The fraction of sp³-hybridized carbons (Fsp3) is 0.922. The summed E-state index contributed by atoms with van der Waals surface area (Å²) in [6.07, 6.45) is 32.6. The van der Waals surface area contributed by atoms with E-state index in [2.05, 4.69) is 26.0 Å². The quantitative estimate of drug-likeness (QED) is 0.0145. The van der Waals surface area contributed by atoms with Gasteiger partial charge in [0, 0.05) is 12.8 Å². The highest BCUT2D eigenvalue weighted by atomic mass is 31.2. The molecule has 384 valence electrons. The molecule has 6 N–H and O–H groups in total. The highest BCUT2D eigenvalue weighted by molar-refractivity contribution is 7.47. The van der Waals surface area contributed by atoms with Crippen LogP contribution in [-0.2, 0) is 32.7 Å². The van der Waals surface area contributed by atoms with Gasteiger partial charge in [0.15, 0.2) is 6.10 Å². The first-order valence-electron chi connectivity index (χ1n) is 26.5. The lowest BCUT2D eigenvalue weighted by atomic mass is 9.85. The van der Waals surface area contributed by atoms with Gasteiger partial charge in [-0.25, -0.2) is 4.57 Å². The Morgan fingerprint density at radius 1 is 0.462 bits per heavy atom. The molecule has 6 unspecified atom stereocenters. The number of rotatable bonds is 45. The number of allylic oxidation sites excluding steroid dienone is 2. The largest absolute Gasteiger partial charge is 0.472 e. The lowest BCUT2D eigenvalue weighted by molar-refractivity contribution is -0.220. The summed E-state index contributed by atoms with van der Waals surface area (Å²) in [7, 11) is -5.12. The van der Waals surface area contributed by atoms with Crippen LogP contribution in [0, 0.1) is 0 Å². The van der Waals surface area contributed by atoms with E-state index in [0.717, 1.165) is 57.8 Å². The maximum Gasteiger partial charge on any atom is 0.472 e. The average molecular weight is 949 g/mol. The molecule has 0 aliphatic heterocycles. The number of phosphoric ester groups is 1. The second-order valence-electron chi connectivity index (χ2n) is 18.7. The van der Waals surface area contributed by atoms with Crippen LogP contribution in [0.2, 0.25) is 0 Å². The number of esters is 2. The van der Waals surface area contributed by atoms with E-state index in [1.54, 1.807) is 0 Å². The first-order chi connectivity index (χ1) is 31.4. The predicted octanol–water partition coefficient (Wildman–Crippen LogP) is 11.4. The molecule has 0 radical (unpaired) electrons. The molecule has 0 aromatic rings. The number of aliphatic hydroxyl groups is 5. The Morgan fingerprint density at radius 2 is 0.785 bits per heavy atom. The first-order valence-corrected chi connectivity index (χ1v) is 28.0. The Hall–Kier alpha value is -1.41. The monoisotopic (exact) mass is 949 g/mol. The molecule has 1 fully saturated rings. The molecule has 0 aromatic carbocycles. The Morgan fingerprint density at radius 3 is 1.17 bits per heavy atom. The number of hydrogen-bond donors (Lipinski definition) is 6. The highest BCUT2D eigenvalue weighted by Gasteiger charge is 2.51. The fourth-order valence-electron chi connectivity index (χ4n) is 8.34. The molecule has 0 heterocycles. The van der Waals surface area contributed by atoms with Gasteiger partial charge in [0.1, 0.15) is 43.2 Å². The van der Waals surface area contributed by atoms with Gasteiger partial charge in [-0.05, 0) is 38.5 Å². The molecule has 13 nitrogen and oxygen atoms in total. The van der Waals surface area contributed by atoms with Crippen LogP contribution < -0.4 is 0 Å². The van der Waals surface area contributed by atoms with Crippen LogP contribution in [0.4, 0.5) is 0 Å². The normalized spacial score (nSPS) is 21.4. The number of carbonyl (C=O) groups excluding carboxylic acids is 2. The second kappa shape index (κ2) is 41.6. The van der Waals surface area contributed by atoms with E-state index in [1.807, 2.05) is 0 Å². The Kier molecular flexibility index (Phi) is 39.4. The van der Waals surface area contributed by atoms with Crippen molar-refractivity contribution in [1.82, 2.24) is 0 Å². The van der Waals surface area contributed by atoms with E-state index in [4.69, 9.17) is 18.5 Å². The topological polar surface area (TPSA) is 210 Å². The minimum Gasteiger partial charge on any atom is -0.462 e. The highest BCUT2D eigenvalue weighted by Crippen LogP contribution is 2.47. The van der Waals surface area contributed by atoms with Gasteiger partial charge in [0.2, 0.25) is 0 Å². The van der Waals surface area contributed by atoms with E-state index < -0.39 is 75.7 Å². The van der Waals surface area contributed by atoms with E-state index in [9.17, 15) is 44.6 Å². The van der Waals surface area contributed by atoms with Gasteiger partial charge in [-0.15, -0.1) is 0 Å². The molecule has 14 heteroatoms. The molecule has 1 rings (SSSR count). The average Bonchev–Trinajstić information content (AvgIpc) is 3.29. The molecule has 0 bridgehead atoms. The third kappa shape index (κ3) is 33.7. The lowest BCUT2D eigenvalue weighted by Gasteiger charge is -2.41. The van der Waals surface area contributed by atoms with Crippen molar-refractivity contribution in [3.63, 3.8) is 0 Å². The van der Waals surface area contributed by atoms with Gasteiger partial charge in [-0.1, -0.05) is 206 Å². The first kappa shape index (κ1) is 61.6. The van der Waals surface area contributed by atoms with Crippen molar-refractivity contribution in [3.05, 3.63) is 12.2 Å². The van der Waals surface area contributed by atoms with E-state index >= 15 is 0 Å². The minimum absolute atomic E-state index is 0.0912. The summed E-state index contributed by atoms with van der Waals surface area (Å²) >= 11 is 0. The van der Waals surface area contributed by atoms with Gasteiger partial charge in [-0.2, -0.15) is 0 Å². The summed E-state index contributed by atoms with van der Waals surface area (Å²) in [4.78, 5) is 35.8. The number of ether oxygens (including phenoxy) is 2. The molecule has 1 aliphatic carbocycles. The summed E-state index contributed by atoms with van der Waals surface area (Å²) in [5.74, 6) is -1.09. The van der Waals surface area contributed by atoms with Crippen molar-refractivity contribution in [2.45, 2.75) is 288 Å². The van der Waals surface area contributed by atoms with Crippen LogP contribution in [0.1, 0.15) is 245 Å². The lowest BCUT2D eigenvalue weighted by Crippen LogP contribution is -2.64. The van der Waals surface area contributed by atoms with Crippen LogP contribution in [0.3, 0.4) is 0 Å². The van der Waals surface area contributed by atoms with Crippen LogP contribution in [0.25, 0.3) is 0 Å². The van der Waals surface area contributed by atoms with Crippen molar-refractivity contribution >= 4 is 19.8 Å². The Labute approximate surface area is 394 Å². The Balaban J connectivity index is 2.36. The molecular formula is C51H97O13P. The second-order valence-corrected chi connectivity index (χ2v) is 20.1. The maximum atomic E-state index is 12.8. The number of carbonyl (C=O) groups is 2. The van der Waals surface area contributed by atoms with Crippen LogP contribution in [-0.4, -0.2) is 98.3 Å². The minimum atomic E-state index is -5.12. The van der Waals surface area contributed by atoms with Gasteiger partial charge in [0.25, 0.3) is 0 Å². The SMILES string of the molecule is CCCCCCCC/C=C\CCCCCCCC(=O)OC(COC(=O)CCCCCCCCCCCCCCCCCCCCCCC)COP(=O)(O)OC1C(O)C(O)C(O)C(O)C1O. The number of hydrogen-bond acceptors (Lipinski definition) is 12. The number of phosphoric acid groups is 1. The summed E-state index contributed by atoms with van der Waals surface area (Å²) in [5.41, 5.74) is 0. The van der Waals surface area contributed by atoms with E-state index in [-0.39, 0.29) is 12.8 Å². The molecule has 0 saturated heterocycles. The van der Waals surface area contributed by atoms with Crippen LogP contribution in [0.5, 0.6) is 0 Å². The van der Waals surface area contributed by atoms with E-state index in [0.29, 0.717) is 12.8 Å². The zero-order chi connectivity index (χ0) is 47.8. The van der Waals surface area contributed by atoms with Gasteiger partial charge < -0.3 is 39.9 Å². The molecule has 0 spiro atoms. The summed E-state index contributed by atoms with van der Waals surface area (Å²) in [6, 6.07) is 0. The fourth-order valence-corrected chi connectivity index (χ4v) is 9.32. The molecule has 0 amide bonds. The standard InChI is InChI=1S/C51H97O13P/c1-3-5-7-9-11-13-15-17-19-20-21-22-23-24-26-27-29-31-33-35-37-39-44(52)61-41-43(42-62-65(59,60)64-51-49(57)47(55)46(54)48(56)50(51)58)63-45(53)40-38-36-34-32-30-28-25-18-16-14-12-10-8-6-4-2/h18,25,43,46-51,54-58H,3-17,19-24,26-42H2,1-2H3,(H,59,60)/b25-18-. The van der Waals surface area contributed by atoms with Gasteiger partial charge in [-0.3, -0.25) is 18.6 Å². The van der Waals surface area contributed by atoms with Crippen molar-refractivity contribution in [2.75, 3.05) is 13.2 Å². The molecular weight excluding hydrogens is 852 g/mol. The summed E-state index contributed by atoms with van der Waals surface area (Å²) in [6.45, 7) is 3.33. The van der Waals surface area contributed by atoms with Crippen molar-refractivity contribution < 1.29 is 63.1 Å². The molecule has 1 saturated carbocycles. The summed E-state index contributed by atoms with van der Waals surface area (Å²) < 4.78 is 33.6. The van der Waals surface area contributed by atoms with Gasteiger partial charge >= 0.3 is 19.8 Å². The molecule has 6 atom stereocenters. The van der Waals surface area contributed by atoms with Crippen molar-refractivity contribution in [3.8, 4) is 0 Å². The van der Waals surface area contributed by atoms with Crippen LogP contribution in [0.15, 0.2) is 12.2 Å². The van der Waals surface area contributed by atoms with Gasteiger partial charge in [0.05, 0.1) is 6.61 Å². The third-order valence-corrected chi connectivity index (χ3v) is 13.6. The summed E-state index contributed by atoms with van der Waals surface area (Å²) in [5, 5.41) is 50.3. The zero-order valence-corrected chi connectivity index (χ0v) is 41.9. The van der Waals surface area contributed by atoms with Crippen LogP contribution >= 0.6 is 7.82 Å². The number of unbranched alkanes of at least 4 members (excludes halogenated alkanes) is 31. The predicted molar refractivity (Wildman–Crippen MR) is 258 cm³/mol. The maximum absolute atomic E-state index is 12.8. The third-order valence-electron chi connectivity index (χ3n) is 12.6. The molecule has 1 aliphatic rings. The molecule has 65 heavy (non-hydrogen) atoms. The smallest absolute Gasteiger partial charge is 0.462 e. The van der Waals surface area contributed by atoms with E-state index in [1.165, 1.54) is 148 Å². The van der Waals surface area contributed by atoms with Crippen molar-refractivity contribution in [1.29, 1.82) is 0 Å². The molecule has 0 aromatic heterocycles. The number of aliphatic hydroxyl groups excluding tert-OH is 5.